The molecule has 0 spiro atoms. The number of carbonyl (C=O) groups is 1. The van der Waals surface area contributed by atoms with E-state index in [2.05, 4.69) is 28.1 Å². The van der Waals surface area contributed by atoms with Gasteiger partial charge in [-0.1, -0.05) is 19.3 Å². The standard InChI is InChI=1S/C23H24N3O2.Y/c27-23(28)16-10-11-21-19(13-16)25-22(26(21)18-8-2-1-3-9-18)20-12-15-6-4-5-7-17(15)14-24-20;/h4,6-7,10-11,13,18,20,24H,1-3,8-9,12,14H2,(H,27,28);/q-1;. The van der Waals surface area contributed by atoms with E-state index >= 15 is 0 Å². The van der Waals surface area contributed by atoms with Crippen LogP contribution < -0.4 is 5.32 Å². The summed E-state index contributed by atoms with van der Waals surface area (Å²) in [6.07, 6.45) is 7.01. The van der Waals surface area contributed by atoms with Gasteiger partial charge in [-0.15, -0.1) is 5.56 Å². The summed E-state index contributed by atoms with van der Waals surface area (Å²) in [5, 5.41) is 13.0. The van der Waals surface area contributed by atoms with Crippen molar-refractivity contribution in [3.05, 3.63) is 65.0 Å². The van der Waals surface area contributed by atoms with Crippen molar-refractivity contribution in [3.63, 3.8) is 0 Å². The quantitative estimate of drug-likeness (QED) is 0.565. The van der Waals surface area contributed by atoms with Crippen molar-refractivity contribution in [3.8, 4) is 0 Å². The topological polar surface area (TPSA) is 67.2 Å². The van der Waals surface area contributed by atoms with Gasteiger partial charge in [-0.2, -0.15) is 29.8 Å². The van der Waals surface area contributed by atoms with Gasteiger partial charge in [0.15, 0.2) is 0 Å². The fourth-order valence-electron chi connectivity index (χ4n) is 4.79. The fourth-order valence-corrected chi connectivity index (χ4v) is 4.79. The van der Waals surface area contributed by atoms with Gasteiger partial charge in [-0.25, -0.2) is 9.78 Å². The van der Waals surface area contributed by atoms with E-state index in [9.17, 15) is 9.90 Å². The van der Waals surface area contributed by atoms with Crippen LogP contribution in [0.4, 0.5) is 0 Å². The van der Waals surface area contributed by atoms with Crippen molar-refractivity contribution in [2.45, 2.75) is 57.2 Å². The van der Waals surface area contributed by atoms with Gasteiger partial charge in [0.25, 0.3) is 0 Å². The summed E-state index contributed by atoms with van der Waals surface area (Å²) >= 11 is 0. The molecule has 1 unspecified atom stereocenters. The monoisotopic (exact) mass is 463 g/mol. The molecule has 2 aliphatic rings. The van der Waals surface area contributed by atoms with E-state index in [-0.39, 0.29) is 38.8 Å². The predicted octanol–water partition coefficient (Wildman–Crippen LogP) is 4.42. The summed E-state index contributed by atoms with van der Waals surface area (Å²) in [4.78, 5) is 16.4. The SMILES string of the molecule is O=C(O)c1ccc2c(c1)nc(C1Cc3cc[c-]cc3CN1)n2C1CCCCC1.[Y]. The molecule has 6 heteroatoms. The Labute approximate surface area is 195 Å². The van der Waals surface area contributed by atoms with Crippen LogP contribution in [-0.4, -0.2) is 20.6 Å². The molecule has 147 valence electrons. The van der Waals surface area contributed by atoms with E-state index < -0.39 is 5.97 Å². The van der Waals surface area contributed by atoms with Crippen LogP contribution in [0.2, 0.25) is 0 Å². The predicted molar refractivity (Wildman–Crippen MR) is 107 cm³/mol. The van der Waals surface area contributed by atoms with Crippen LogP contribution in [0.15, 0.2) is 36.4 Å². The molecule has 2 N–H and O–H groups in total. The Bertz CT molecular complexity index is 1040. The Hall–Kier alpha value is -1.56. The molecule has 29 heavy (non-hydrogen) atoms. The summed E-state index contributed by atoms with van der Waals surface area (Å²) in [5.74, 6) is 0.138. The second kappa shape index (κ2) is 8.67. The molecule has 5 rings (SSSR count). The smallest absolute Gasteiger partial charge is 0.335 e. The van der Waals surface area contributed by atoms with Crippen molar-refractivity contribution < 1.29 is 42.6 Å². The summed E-state index contributed by atoms with van der Waals surface area (Å²) in [6, 6.07) is 15.3. The van der Waals surface area contributed by atoms with Gasteiger partial charge in [0.05, 0.1) is 22.6 Å². The molecule has 0 bridgehead atoms. The van der Waals surface area contributed by atoms with Gasteiger partial charge in [0.1, 0.15) is 5.82 Å². The van der Waals surface area contributed by atoms with E-state index in [0.717, 1.165) is 42.7 Å². The fraction of sp³-hybridized carbons (Fsp3) is 0.391. The summed E-state index contributed by atoms with van der Waals surface area (Å²) in [5.41, 5.74) is 4.78. The third kappa shape index (κ3) is 3.93. The number of aromatic carboxylic acids is 1. The molecule has 3 aromatic rings. The molecule has 0 saturated heterocycles. The first-order valence-electron chi connectivity index (χ1n) is 10.2. The number of aromatic nitrogens is 2. The summed E-state index contributed by atoms with van der Waals surface area (Å²) < 4.78 is 2.40. The zero-order valence-electron chi connectivity index (χ0n) is 16.4. The first-order chi connectivity index (χ1) is 13.7. The average Bonchev–Trinajstić information content (AvgIpc) is 3.12. The number of fused-ring (bicyclic) bond motifs is 2. The van der Waals surface area contributed by atoms with Crippen LogP contribution in [0.25, 0.3) is 11.0 Å². The largest absolute Gasteiger partial charge is 0.478 e. The van der Waals surface area contributed by atoms with E-state index in [1.165, 1.54) is 30.4 Å². The van der Waals surface area contributed by atoms with Crippen LogP contribution in [-0.2, 0) is 45.7 Å². The molecule has 1 fully saturated rings. The minimum atomic E-state index is -0.906. The molecule has 1 aromatic heterocycles. The van der Waals surface area contributed by atoms with Gasteiger partial charge in [0.2, 0.25) is 0 Å². The summed E-state index contributed by atoms with van der Waals surface area (Å²) in [7, 11) is 0. The molecule has 1 atom stereocenters. The van der Waals surface area contributed by atoms with Crippen molar-refractivity contribution in [1.29, 1.82) is 0 Å². The van der Waals surface area contributed by atoms with Gasteiger partial charge in [-0.05, 0) is 44.0 Å². The van der Waals surface area contributed by atoms with Gasteiger partial charge >= 0.3 is 5.97 Å². The van der Waals surface area contributed by atoms with E-state index in [1.807, 2.05) is 12.1 Å². The number of hydrogen-bond donors (Lipinski definition) is 2. The van der Waals surface area contributed by atoms with Crippen LogP contribution in [0.5, 0.6) is 0 Å². The molecule has 1 saturated carbocycles. The zero-order valence-corrected chi connectivity index (χ0v) is 19.2. The Balaban J connectivity index is 0.00000205. The minimum absolute atomic E-state index is 0. The van der Waals surface area contributed by atoms with Crippen LogP contribution in [0, 0.1) is 6.07 Å². The molecule has 1 radical (unpaired) electrons. The van der Waals surface area contributed by atoms with Crippen molar-refractivity contribution in [1.82, 2.24) is 14.9 Å². The molecule has 2 heterocycles. The van der Waals surface area contributed by atoms with Crippen molar-refractivity contribution in [2.24, 2.45) is 0 Å². The van der Waals surface area contributed by atoms with Gasteiger partial charge in [0, 0.05) is 38.8 Å². The second-order valence-corrected chi connectivity index (χ2v) is 7.97. The van der Waals surface area contributed by atoms with E-state index in [4.69, 9.17) is 4.98 Å². The molecule has 2 aromatic carbocycles. The van der Waals surface area contributed by atoms with E-state index in [1.54, 1.807) is 12.1 Å². The van der Waals surface area contributed by atoms with Gasteiger partial charge in [-0.3, -0.25) is 0 Å². The Kier molecular flexibility index (Phi) is 6.19. The third-order valence-corrected chi connectivity index (χ3v) is 6.23. The zero-order chi connectivity index (χ0) is 19.1. The van der Waals surface area contributed by atoms with Crippen molar-refractivity contribution in [2.75, 3.05) is 0 Å². The minimum Gasteiger partial charge on any atom is -0.478 e. The summed E-state index contributed by atoms with van der Waals surface area (Å²) in [6.45, 7) is 0.811. The number of imidazole rings is 1. The normalized spacial score (nSPS) is 19.5. The molecule has 0 amide bonds. The first-order valence-corrected chi connectivity index (χ1v) is 10.2. The number of carboxylic acid groups (broad SMARTS) is 1. The van der Waals surface area contributed by atoms with Crippen LogP contribution >= 0.6 is 0 Å². The molecular formula is C23H24N3O2Y-. The van der Waals surface area contributed by atoms with Crippen LogP contribution in [0.1, 0.15) is 71.5 Å². The Morgan fingerprint density at radius 3 is 2.79 bits per heavy atom. The number of nitrogens with zero attached hydrogens (tertiary/aromatic N) is 2. The van der Waals surface area contributed by atoms with E-state index in [0.29, 0.717) is 11.6 Å². The van der Waals surface area contributed by atoms with Crippen LogP contribution in [0.3, 0.4) is 0 Å². The number of rotatable bonds is 3. The maximum Gasteiger partial charge on any atom is 0.335 e. The maximum absolute atomic E-state index is 11.4. The molecular weight excluding hydrogens is 439 g/mol. The van der Waals surface area contributed by atoms with Gasteiger partial charge < -0.3 is 15.0 Å². The Morgan fingerprint density at radius 1 is 1.17 bits per heavy atom. The molecule has 5 nitrogen and oxygen atoms in total. The first kappa shape index (κ1) is 20.7. The average molecular weight is 463 g/mol. The van der Waals surface area contributed by atoms with Crippen molar-refractivity contribution >= 4 is 17.0 Å². The third-order valence-electron chi connectivity index (χ3n) is 6.23. The second-order valence-electron chi connectivity index (χ2n) is 7.97. The molecule has 1 aliphatic heterocycles. The number of hydrogen-bond acceptors (Lipinski definition) is 3. The Morgan fingerprint density at radius 2 is 2.00 bits per heavy atom. The number of carboxylic acids is 1. The molecule has 1 aliphatic carbocycles. The number of benzene rings is 2. The maximum atomic E-state index is 11.4. The number of nitrogens with one attached hydrogen (secondary N) is 1.